The Labute approximate surface area is 199 Å². The van der Waals surface area contributed by atoms with Crippen LogP contribution in [-0.2, 0) is 0 Å². The molecule has 1 aliphatic rings. The van der Waals surface area contributed by atoms with Crippen LogP contribution in [0.3, 0.4) is 0 Å². The Bertz CT molecular complexity index is 1260. The van der Waals surface area contributed by atoms with Crippen LogP contribution in [0.5, 0.6) is 0 Å². The quantitative estimate of drug-likeness (QED) is 0.305. The summed E-state index contributed by atoms with van der Waals surface area (Å²) in [5.74, 6) is 0.726. The number of hydrogen-bond acceptors (Lipinski definition) is 4. The number of benzene rings is 3. The maximum atomic E-state index is 6.53. The Hall–Kier alpha value is -2.34. The van der Waals surface area contributed by atoms with E-state index in [2.05, 4.69) is 31.8 Å². The topological polar surface area (TPSA) is 32.3 Å². The number of rotatable bonds is 3. The molecule has 1 aliphatic heterocycles. The van der Waals surface area contributed by atoms with Crippen LogP contribution in [0.1, 0.15) is 0 Å². The fourth-order valence-electron chi connectivity index (χ4n) is 3.94. The molecule has 0 spiro atoms. The van der Waals surface area contributed by atoms with E-state index in [1.54, 1.807) is 0 Å². The minimum atomic E-state index is 0.678. The molecule has 3 aromatic carbocycles. The van der Waals surface area contributed by atoms with E-state index in [1.807, 2.05) is 60.7 Å². The molecule has 0 N–H and O–H groups in total. The molecular weight excluding hydrogens is 495 g/mol. The number of para-hydroxylation sites is 1. The van der Waals surface area contributed by atoms with Crippen LogP contribution < -0.4 is 9.80 Å². The van der Waals surface area contributed by atoms with Crippen molar-refractivity contribution in [3.63, 3.8) is 0 Å². The van der Waals surface area contributed by atoms with E-state index in [0.717, 1.165) is 69.5 Å². The van der Waals surface area contributed by atoms with E-state index in [4.69, 9.17) is 33.2 Å². The molecule has 4 aromatic rings. The molecule has 7 heteroatoms. The standard InChI is InChI=1S/C24H19BrCl2N4/c25-16-9-10-21-18(15-16)23(17-5-1-2-6-19(17)26)29-24(28-21)31-13-11-30(12-14-31)22-8-4-3-7-20(22)27/h1-10,15H,11-14H2. The average molecular weight is 514 g/mol. The Balaban J connectivity index is 1.51. The zero-order valence-electron chi connectivity index (χ0n) is 16.6. The van der Waals surface area contributed by atoms with Crippen molar-refractivity contribution in [2.24, 2.45) is 0 Å². The first-order chi connectivity index (χ1) is 15.1. The van der Waals surface area contributed by atoms with E-state index in [1.165, 1.54) is 0 Å². The lowest BCUT2D eigenvalue weighted by Crippen LogP contribution is -2.47. The fraction of sp³-hybridized carbons (Fsp3) is 0.167. The van der Waals surface area contributed by atoms with Crippen molar-refractivity contribution in [1.82, 2.24) is 9.97 Å². The highest BCUT2D eigenvalue weighted by Crippen LogP contribution is 2.34. The van der Waals surface area contributed by atoms with Crippen LogP contribution in [0.4, 0.5) is 11.6 Å². The van der Waals surface area contributed by atoms with Gasteiger partial charge in [-0.1, -0.05) is 69.5 Å². The lowest BCUT2D eigenvalue weighted by atomic mass is 10.1. The summed E-state index contributed by atoms with van der Waals surface area (Å²) < 4.78 is 0.984. The highest BCUT2D eigenvalue weighted by Gasteiger charge is 2.22. The Morgan fingerprint density at radius 3 is 2.16 bits per heavy atom. The van der Waals surface area contributed by atoms with Crippen molar-refractivity contribution >= 4 is 61.7 Å². The number of nitrogens with zero attached hydrogens (tertiary/aromatic N) is 4. The van der Waals surface area contributed by atoms with Gasteiger partial charge in [-0.15, -0.1) is 0 Å². The summed E-state index contributed by atoms with van der Waals surface area (Å²) in [6, 6.07) is 21.9. The van der Waals surface area contributed by atoms with Crippen LogP contribution in [0.15, 0.2) is 71.2 Å². The second-order valence-corrected chi connectivity index (χ2v) is 9.17. The van der Waals surface area contributed by atoms with Gasteiger partial charge in [-0.3, -0.25) is 0 Å². The number of piperazine rings is 1. The molecule has 4 nitrogen and oxygen atoms in total. The molecule has 0 saturated carbocycles. The SMILES string of the molecule is Clc1ccccc1-c1nc(N2CCN(c3ccccc3Cl)CC2)nc2ccc(Br)cc12. The number of aromatic nitrogens is 2. The number of halogens is 3. The second kappa shape index (κ2) is 8.65. The van der Waals surface area contributed by atoms with E-state index >= 15 is 0 Å². The van der Waals surface area contributed by atoms with Gasteiger partial charge in [0.15, 0.2) is 0 Å². The maximum absolute atomic E-state index is 6.53. The lowest BCUT2D eigenvalue weighted by Gasteiger charge is -2.36. The van der Waals surface area contributed by atoms with Gasteiger partial charge in [0, 0.05) is 46.6 Å². The zero-order valence-corrected chi connectivity index (χ0v) is 19.7. The van der Waals surface area contributed by atoms with Gasteiger partial charge in [0.2, 0.25) is 5.95 Å². The minimum absolute atomic E-state index is 0.678. The van der Waals surface area contributed by atoms with Gasteiger partial charge in [0.05, 0.1) is 21.9 Å². The summed E-state index contributed by atoms with van der Waals surface area (Å²) in [5.41, 5.74) is 3.73. The van der Waals surface area contributed by atoms with Crippen molar-refractivity contribution in [2.45, 2.75) is 0 Å². The van der Waals surface area contributed by atoms with E-state index in [9.17, 15) is 0 Å². The molecule has 156 valence electrons. The van der Waals surface area contributed by atoms with Crippen LogP contribution in [-0.4, -0.2) is 36.1 Å². The first-order valence-corrected chi connectivity index (χ1v) is 11.6. The Kier molecular flexibility index (Phi) is 5.74. The largest absolute Gasteiger partial charge is 0.367 e. The maximum Gasteiger partial charge on any atom is 0.226 e. The molecule has 31 heavy (non-hydrogen) atoms. The van der Waals surface area contributed by atoms with Gasteiger partial charge < -0.3 is 9.80 Å². The molecule has 1 aromatic heterocycles. The number of hydrogen-bond donors (Lipinski definition) is 0. The summed E-state index contributed by atoms with van der Waals surface area (Å²) in [6.45, 7) is 3.34. The van der Waals surface area contributed by atoms with Crippen molar-refractivity contribution in [1.29, 1.82) is 0 Å². The van der Waals surface area contributed by atoms with Crippen LogP contribution in [0, 0.1) is 0 Å². The minimum Gasteiger partial charge on any atom is -0.367 e. The average Bonchev–Trinajstić information content (AvgIpc) is 2.79. The molecule has 0 bridgehead atoms. The first kappa shape index (κ1) is 20.6. The number of fused-ring (bicyclic) bond motifs is 1. The third-order valence-electron chi connectivity index (χ3n) is 5.53. The van der Waals surface area contributed by atoms with Gasteiger partial charge >= 0.3 is 0 Å². The number of anilines is 2. The van der Waals surface area contributed by atoms with E-state index in [-0.39, 0.29) is 0 Å². The summed E-state index contributed by atoms with van der Waals surface area (Å²) in [7, 11) is 0. The van der Waals surface area contributed by atoms with Crippen LogP contribution in [0.2, 0.25) is 10.0 Å². The van der Waals surface area contributed by atoms with Crippen LogP contribution in [0.25, 0.3) is 22.2 Å². The smallest absolute Gasteiger partial charge is 0.226 e. The fourth-order valence-corrected chi connectivity index (χ4v) is 4.79. The molecule has 5 rings (SSSR count). The molecule has 0 unspecified atom stereocenters. The summed E-state index contributed by atoms with van der Waals surface area (Å²) >= 11 is 16.5. The monoisotopic (exact) mass is 512 g/mol. The Morgan fingerprint density at radius 2 is 1.42 bits per heavy atom. The normalized spacial score (nSPS) is 14.3. The summed E-state index contributed by atoms with van der Waals surface area (Å²) in [6.07, 6.45) is 0. The van der Waals surface area contributed by atoms with Gasteiger partial charge in [0.1, 0.15) is 0 Å². The Morgan fingerprint density at radius 1 is 0.742 bits per heavy atom. The molecule has 0 amide bonds. The van der Waals surface area contributed by atoms with Crippen molar-refractivity contribution in [3.05, 3.63) is 81.2 Å². The molecule has 2 heterocycles. The van der Waals surface area contributed by atoms with Crippen molar-refractivity contribution < 1.29 is 0 Å². The highest BCUT2D eigenvalue weighted by atomic mass is 79.9. The first-order valence-electron chi connectivity index (χ1n) is 10.1. The molecule has 0 radical (unpaired) electrons. The van der Waals surface area contributed by atoms with Crippen LogP contribution >= 0.6 is 39.1 Å². The predicted octanol–water partition coefficient (Wildman–Crippen LogP) is 6.69. The second-order valence-electron chi connectivity index (χ2n) is 7.44. The lowest BCUT2D eigenvalue weighted by molar-refractivity contribution is 0.641. The molecule has 1 saturated heterocycles. The van der Waals surface area contributed by atoms with Gasteiger partial charge in [0.25, 0.3) is 0 Å². The predicted molar refractivity (Wildman–Crippen MR) is 134 cm³/mol. The summed E-state index contributed by atoms with van der Waals surface area (Å²) in [5, 5.41) is 2.43. The molecule has 0 aliphatic carbocycles. The third kappa shape index (κ3) is 4.10. The van der Waals surface area contributed by atoms with Gasteiger partial charge in [-0.25, -0.2) is 9.97 Å². The molecular formula is C24H19BrCl2N4. The zero-order chi connectivity index (χ0) is 21.4. The van der Waals surface area contributed by atoms with Gasteiger partial charge in [-0.05, 0) is 36.4 Å². The summed E-state index contributed by atoms with van der Waals surface area (Å²) in [4.78, 5) is 14.4. The molecule has 1 fully saturated rings. The van der Waals surface area contributed by atoms with E-state index < -0.39 is 0 Å². The van der Waals surface area contributed by atoms with E-state index in [0.29, 0.717) is 5.02 Å². The molecule has 0 atom stereocenters. The van der Waals surface area contributed by atoms with Gasteiger partial charge in [-0.2, -0.15) is 0 Å². The van der Waals surface area contributed by atoms with Crippen molar-refractivity contribution in [3.8, 4) is 11.3 Å². The third-order valence-corrected chi connectivity index (χ3v) is 6.67. The van der Waals surface area contributed by atoms with Crippen molar-refractivity contribution in [2.75, 3.05) is 36.0 Å². The highest BCUT2D eigenvalue weighted by molar-refractivity contribution is 9.10.